The van der Waals surface area contributed by atoms with E-state index in [4.69, 9.17) is 5.73 Å². The predicted molar refractivity (Wildman–Crippen MR) is 66.0 cm³/mol. The van der Waals surface area contributed by atoms with Crippen molar-refractivity contribution in [2.24, 2.45) is 0 Å². The highest BCUT2D eigenvalue weighted by Gasteiger charge is 2.34. The molecular formula is C12H9F3N2OS. The Labute approximate surface area is 110 Å². The lowest BCUT2D eigenvalue weighted by Crippen LogP contribution is -2.14. The normalized spacial score (nSPS) is 11.5. The predicted octanol–water partition coefficient (Wildman–Crippen LogP) is 3.17. The highest BCUT2D eigenvalue weighted by molar-refractivity contribution is 7.13. The number of rotatable bonds is 3. The molecule has 1 aromatic carbocycles. The molecule has 2 aromatic rings. The molecule has 0 aliphatic heterocycles. The summed E-state index contributed by atoms with van der Waals surface area (Å²) in [7, 11) is 0. The van der Waals surface area contributed by atoms with Gasteiger partial charge in [-0.25, -0.2) is 4.98 Å². The molecule has 0 bridgehead atoms. The number of nitrogens with two attached hydrogens (primary N) is 1. The number of Topliss-reactive ketones (excluding diaryl/α,β-unsaturated/α-hetero) is 1. The third-order valence-corrected chi connectivity index (χ3v) is 3.17. The third-order valence-electron chi connectivity index (χ3n) is 2.44. The van der Waals surface area contributed by atoms with Gasteiger partial charge < -0.3 is 5.73 Å². The maximum Gasteiger partial charge on any atom is 0.417 e. The van der Waals surface area contributed by atoms with Crippen LogP contribution in [0.25, 0.3) is 0 Å². The summed E-state index contributed by atoms with van der Waals surface area (Å²) >= 11 is 1.14. The first kappa shape index (κ1) is 13.5. The average molecular weight is 286 g/mol. The zero-order chi connectivity index (χ0) is 14.0. The molecular weight excluding hydrogens is 277 g/mol. The Morgan fingerprint density at radius 1 is 1.32 bits per heavy atom. The first-order valence-electron chi connectivity index (χ1n) is 5.27. The highest BCUT2D eigenvalue weighted by atomic mass is 32.1. The van der Waals surface area contributed by atoms with Crippen LogP contribution >= 0.6 is 11.3 Å². The van der Waals surface area contributed by atoms with Gasteiger partial charge in [0.05, 0.1) is 17.7 Å². The van der Waals surface area contributed by atoms with E-state index in [1.54, 1.807) is 5.38 Å². The molecule has 7 heteroatoms. The number of carbonyl (C=O) groups is 1. The van der Waals surface area contributed by atoms with Crippen molar-refractivity contribution in [3.05, 3.63) is 46.5 Å². The molecule has 1 aromatic heterocycles. The van der Waals surface area contributed by atoms with Crippen molar-refractivity contribution in [1.82, 2.24) is 4.98 Å². The van der Waals surface area contributed by atoms with Crippen molar-refractivity contribution in [2.75, 3.05) is 5.73 Å². The summed E-state index contributed by atoms with van der Waals surface area (Å²) in [4.78, 5) is 15.8. The van der Waals surface area contributed by atoms with Gasteiger partial charge in [-0.05, 0) is 6.07 Å². The first-order chi connectivity index (χ1) is 8.88. The van der Waals surface area contributed by atoms with E-state index in [0.717, 1.165) is 17.4 Å². The summed E-state index contributed by atoms with van der Waals surface area (Å²) in [5, 5.41) is 1.84. The van der Waals surface area contributed by atoms with E-state index in [1.807, 2.05) is 0 Å². The number of nitrogens with zero attached hydrogens (tertiary/aromatic N) is 1. The molecule has 2 rings (SSSR count). The molecule has 19 heavy (non-hydrogen) atoms. The zero-order valence-corrected chi connectivity index (χ0v) is 10.4. The minimum Gasteiger partial charge on any atom is -0.375 e. The van der Waals surface area contributed by atoms with Crippen LogP contribution in [0, 0.1) is 0 Å². The molecule has 0 radical (unpaired) electrons. The molecule has 0 aliphatic carbocycles. The van der Waals surface area contributed by atoms with Crippen LogP contribution in [0.5, 0.6) is 0 Å². The topological polar surface area (TPSA) is 56.0 Å². The summed E-state index contributed by atoms with van der Waals surface area (Å²) < 4.78 is 38.3. The van der Waals surface area contributed by atoms with Gasteiger partial charge >= 0.3 is 6.18 Å². The maximum atomic E-state index is 12.8. The van der Waals surface area contributed by atoms with E-state index < -0.39 is 17.5 Å². The number of ketones is 1. The number of thiazole rings is 1. The van der Waals surface area contributed by atoms with Crippen LogP contribution in [0.4, 0.5) is 18.3 Å². The fourth-order valence-corrected chi connectivity index (χ4v) is 2.20. The van der Waals surface area contributed by atoms with Gasteiger partial charge in [-0.3, -0.25) is 4.79 Å². The summed E-state index contributed by atoms with van der Waals surface area (Å²) in [5.41, 5.74) is 4.51. The molecule has 2 N–H and O–H groups in total. The number of carbonyl (C=O) groups excluding carboxylic acids is 1. The molecule has 0 spiro atoms. The molecule has 0 aliphatic rings. The number of hydrogen-bond acceptors (Lipinski definition) is 4. The number of anilines is 1. The molecule has 0 fully saturated rings. The summed E-state index contributed by atoms with van der Waals surface area (Å²) in [6, 6.07) is 4.71. The summed E-state index contributed by atoms with van der Waals surface area (Å²) in [6.45, 7) is 0. The quantitative estimate of drug-likeness (QED) is 0.882. The number of hydrogen-bond donors (Lipinski definition) is 1. The van der Waals surface area contributed by atoms with Gasteiger partial charge in [0.25, 0.3) is 0 Å². The second-order valence-corrected chi connectivity index (χ2v) is 4.71. The number of benzene rings is 1. The van der Waals surface area contributed by atoms with Gasteiger partial charge in [-0.1, -0.05) is 18.2 Å². The van der Waals surface area contributed by atoms with Crippen molar-refractivity contribution in [3.63, 3.8) is 0 Å². The average Bonchev–Trinajstić information content (AvgIpc) is 2.73. The van der Waals surface area contributed by atoms with Crippen molar-refractivity contribution in [1.29, 1.82) is 0 Å². The second-order valence-electron chi connectivity index (χ2n) is 3.82. The van der Waals surface area contributed by atoms with Crippen LogP contribution in [0.15, 0.2) is 29.6 Å². The molecule has 3 nitrogen and oxygen atoms in total. The van der Waals surface area contributed by atoms with E-state index in [1.165, 1.54) is 18.2 Å². The Hall–Kier alpha value is -1.89. The molecule has 0 unspecified atom stereocenters. The van der Waals surface area contributed by atoms with E-state index >= 15 is 0 Å². The molecule has 100 valence electrons. The third kappa shape index (κ3) is 3.11. The Morgan fingerprint density at radius 3 is 2.58 bits per heavy atom. The minimum atomic E-state index is -4.55. The standard InChI is InChI=1S/C12H9F3N2OS/c13-12(14,15)9-4-2-1-3-8(9)10(18)5-7-6-19-11(16)17-7/h1-4,6H,5H2,(H2,16,17). The fourth-order valence-electron chi connectivity index (χ4n) is 1.64. The first-order valence-corrected chi connectivity index (χ1v) is 6.15. The van der Waals surface area contributed by atoms with Gasteiger partial charge in [-0.15, -0.1) is 11.3 Å². The van der Waals surface area contributed by atoms with Crippen molar-refractivity contribution in [3.8, 4) is 0 Å². The van der Waals surface area contributed by atoms with Crippen molar-refractivity contribution in [2.45, 2.75) is 12.6 Å². The van der Waals surface area contributed by atoms with E-state index in [2.05, 4.69) is 4.98 Å². The van der Waals surface area contributed by atoms with E-state index in [9.17, 15) is 18.0 Å². The van der Waals surface area contributed by atoms with E-state index in [-0.39, 0.29) is 17.1 Å². The maximum absolute atomic E-state index is 12.8. The number of nitrogen functional groups attached to an aromatic ring is 1. The number of halogens is 3. The largest absolute Gasteiger partial charge is 0.417 e. The van der Waals surface area contributed by atoms with Crippen LogP contribution in [-0.2, 0) is 12.6 Å². The zero-order valence-electron chi connectivity index (χ0n) is 9.57. The van der Waals surface area contributed by atoms with Crippen LogP contribution in [0.2, 0.25) is 0 Å². The SMILES string of the molecule is Nc1nc(CC(=O)c2ccccc2C(F)(F)F)cs1. The fraction of sp³-hybridized carbons (Fsp3) is 0.167. The van der Waals surface area contributed by atoms with Crippen molar-refractivity contribution >= 4 is 22.3 Å². The Bertz CT molecular complexity index is 607. The Morgan fingerprint density at radius 2 is 2.00 bits per heavy atom. The minimum absolute atomic E-state index is 0.194. The smallest absolute Gasteiger partial charge is 0.375 e. The number of aromatic nitrogens is 1. The van der Waals surface area contributed by atoms with Gasteiger partial charge in [0, 0.05) is 10.9 Å². The van der Waals surface area contributed by atoms with Crippen LogP contribution in [0.1, 0.15) is 21.6 Å². The van der Waals surface area contributed by atoms with Gasteiger partial charge in [-0.2, -0.15) is 13.2 Å². The van der Waals surface area contributed by atoms with Crippen LogP contribution in [0.3, 0.4) is 0 Å². The second kappa shape index (κ2) is 5.00. The van der Waals surface area contributed by atoms with Gasteiger partial charge in [0.1, 0.15) is 0 Å². The molecule has 0 amide bonds. The number of alkyl halides is 3. The van der Waals surface area contributed by atoms with Crippen LogP contribution < -0.4 is 5.73 Å². The Balaban J connectivity index is 2.29. The molecule has 0 saturated carbocycles. The lowest BCUT2D eigenvalue weighted by molar-refractivity contribution is -0.137. The monoisotopic (exact) mass is 286 g/mol. The highest BCUT2D eigenvalue weighted by Crippen LogP contribution is 2.32. The van der Waals surface area contributed by atoms with Crippen molar-refractivity contribution < 1.29 is 18.0 Å². The Kier molecular flexibility index (Phi) is 3.57. The lowest BCUT2D eigenvalue weighted by atomic mass is 10.0. The molecule has 0 saturated heterocycles. The molecule has 0 atom stereocenters. The van der Waals surface area contributed by atoms with Gasteiger partial charge in [0.2, 0.25) is 0 Å². The lowest BCUT2D eigenvalue weighted by Gasteiger charge is -2.11. The summed E-state index contributed by atoms with van der Waals surface area (Å²) in [5.74, 6) is -0.627. The summed E-state index contributed by atoms with van der Waals surface area (Å²) in [6.07, 6.45) is -4.74. The molecule has 1 heterocycles. The van der Waals surface area contributed by atoms with E-state index in [0.29, 0.717) is 5.69 Å². The van der Waals surface area contributed by atoms with Gasteiger partial charge in [0.15, 0.2) is 10.9 Å². The van der Waals surface area contributed by atoms with Crippen LogP contribution in [-0.4, -0.2) is 10.8 Å².